The van der Waals surface area contributed by atoms with Gasteiger partial charge in [-0.1, -0.05) is 0 Å². The Labute approximate surface area is 133 Å². The van der Waals surface area contributed by atoms with Crippen molar-refractivity contribution in [3.05, 3.63) is 0 Å². The number of ether oxygens (including phenoxy) is 2. The fourth-order valence-electron chi connectivity index (χ4n) is 4.06. The fourth-order valence-corrected chi connectivity index (χ4v) is 4.06. The number of hydrogen-bond acceptors (Lipinski definition) is 4. The first kappa shape index (κ1) is 16.2. The summed E-state index contributed by atoms with van der Waals surface area (Å²) in [6.45, 7) is 9.20. The zero-order valence-electron chi connectivity index (χ0n) is 14.3. The van der Waals surface area contributed by atoms with Crippen molar-refractivity contribution in [3.8, 4) is 0 Å². The zero-order valence-corrected chi connectivity index (χ0v) is 14.3. The van der Waals surface area contributed by atoms with Crippen LogP contribution in [0.1, 0.15) is 39.5 Å². The second kappa shape index (κ2) is 6.10. The van der Waals surface area contributed by atoms with Gasteiger partial charge < -0.3 is 19.3 Å². The minimum atomic E-state index is -0.171. The first-order chi connectivity index (χ1) is 10.4. The molecule has 1 unspecified atom stereocenters. The molecular formula is C17H30N2O3. The van der Waals surface area contributed by atoms with Gasteiger partial charge in [0.15, 0.2) is 0 Å². The van der Waals surface area contributed by atoms with Crippen molar-refractivity contribution in [2.75, 3.05) is 46.4 Å². The maximum atomic E-state index is 12.9. The Morgan fingerprint density at radius 3 is 2.50 bits per heavy atom. The fraction of sp³-hybridized carbons (Fsp3) is 0.941. The van der Waals surface area contributed by atoms with E-state index in [4.69, 9.17) is 9.47 Å². The van der Waals surface area contributed by atoms with Crippen LogP contribution in [0.2, 0.25) is 0 Å². The van der Waals surface area contributed by atoms with Crippen molar-refractivity contribution >= 4 is 5.91 Å². The maximum absolute atomic E-state index is 12.9. The number of hydrogen-bond donors (Lipinski definition) is 0. The smallest absolute Gasteiger partial charge is 0.226 e. The Kier molecular flexibility index (Phi) is 4.49. The SMILES string of the molecule is CN1CCC2(CC1)CN(C(=O)C1CCOC(C)(C)C1)CCO2. The van der Waals surface area contributed by atoms with E-state index < -0.39 is 0 Å². The maximum Gasteiger partial charge on any atom is 0.226 e. The van der Waals surface area contributed by atoms with Crippen LogP contribution in [0.5, 0.6) is 0 Å². The molecule has 3 heterocycles. The van der Waals surface area contributed by atoms with Crippen LogP contribution in [0.4, 0.5) is 0 Å². The van der Waals surface area contributed by atoms with E-state index in [0.29, 0.717) is 19.1 Å². The van der Waals surface area contributed by atoms with Crippen molar-refractivity contribution in [2.24, 2.45) is 5.92 Å². The number of likely N-dealkylation sites (tertiary alicyclic amines) is 1. The molecule has 126 valence electrons. The lowest BCUT2D eigenvalue weighted by Gasteiger charge is -2.48. The summed E-state index contributed by atoms with van der Waals surface area (Å²) in [6, 6.07) is 0. The molecule has 0 aromatic rings. The van der Waals surface area contributed by atoms with Gasteiger partial charge in [0.05, 0.1) is 17.8 Å². The highest BCUT2D eigenvalue weighted by molar-refractivity contribution is 5.79. The van der Waals surface area contributed by atoms with E-state index in [1.54, 1.807) is 0 Å². The summed E-state index contributed by atoms with van der Waals surface area (Å²) < 4.78 is 11.9. The van der Waals surface area contributed by atoms with Gasteiger partial charge >= 0.3 is 0 Å². The van der Waals surface area contributed by atoms with Crippen LogP contribution < -0.4 is 0 Å². The molecule has 0 aliphatic carbocycles. The molecule has 22 heavy (non-hydrogen) atoms. The monoisotopic (exact) mass is 310 g/mol. The number of carbonyl (C=O) groups is 1. The first-order valence-electron chi connectivity index (χ1n) is 8.64. The summed E-state index contributed by atoms with van der Waals surface area (Å²) in [4.78, 5) is 17.3. The first-order valence-corrected chi connectivity index (χ1v) is 8.64. The van der Waals surface area contributed by atoms with Gasteiger partial charge in [-0.3, -0.25) is 4.79 Å². The third-order valence-corrected chi connectivity index (χ3v) is 5.50. The number of rotatable bonds is 1. The molecule has 3 fully saturated rings. The van der Waals surface area contributed by atoms with Crippen LogP contribution in [-0.2, 0) is 14.3 Å². The Bertz CT molecular complexity index is 416. The Morgan fingerprint density at radius 1 is 1.09 bits per heavy atom. The lowest BCUT2D eigenvalue weighted by atomic mass is 9.85. The lowest BCUT2D eigenvalue weighted by molar-refractivity contribution is -0.168. The molecule has 5 nitrogen and oxygen atoms in total. The highest BCUT2D eigenvalue weighted by Gasteiger charge is 2.42. The Balaban J connectivity index is 1.63. The standard InChI is InChI=1S/C17H30N2O3/c1-16(2)12-14(4-10-21-16)15(20)19-9-11-22-17(13-19)5-7-18(3)8-6-17/h14H,4-13H2,1-3H3. The van der Waals surface area contributed by atoms with E-state index >= 15 is 0 Å². The average Bonchev–Trinajstić information content (AvgIpc) is 2.49. The summed E-state index contributed by atoms with van der Waals surface area (Å²) in [6.07, 6.45) is 3.76. The van der Waals surface area contributed by atoms with Crippen molar-refractivity contribution in [1.82, 2.24) is 9.80 Å². The molecule has 3 aliphatic heterocycles. The van der Waals surface area contributed by atoms with Crippen molar-refractivity contribution in [2.45, 2.75) is 50.7 Å². The van der Waals surface area contributed by atoms with Gasteiger partial charge in [-0.25, -0.2) is 0 Å². The predicted octanol–water partition coefficient (Wildman–Crippen LogP) is 1.51. The molecule has 0 aromatic heterocycles. The van der Waals surface area contributed by atoms with Crippen LogP contribution in [0, 0.1) is 5.92 Å². The predicted molar refractivity (Wildman–Crippen MR) is 84.7 cm³/mol. The van der Waals surface area contributed by atoms with E-state index in [0.717, 1.165) is 51.9 Å². The Morgan fingerprint density at radius 2 is 1.82 bits per heavy atom. The minimum Gasteiger partial charge on any atom is -0.376 e. The summed E-state index contributed by atoms with van der Waals surface area (Å²) in [7, 11) is 2.16. The lowest BCUT2D eigenvalue weighted by Crippen LogP contribution is -2.59. The van der Waals surface area contributed by atoms with Crippen LogP contribution in [0.25, 0.3) is 0 Å². The molecule has 1 amide bonds. The summed E-state index contributed by atoms with van der Waals surface area (Å²) in [5.41, 5.74) is -0.267. The van der Waals surface area contributed by atoms with E-state index in [1.807, 2.05) is 0 Å². The quantitative estimate of drug-likeness (QED) is 0.736. The molecule has 5 heteroatoms. The van der Waals surface area contributed by atoms with Crippen molar-refractivity contribution < 1.29 is 14.3 Å². The average molecular weight is 310 g/mol. The van der Waals surface area contributed by atoms with Gasteiger partial charge in [-0.15, -0.1) is 0 Å². The second-order valence-corrected chi connectivity index (χ2v) is 7.89. The topological polar surface area (TPSA) is 42.0 Å². The highest BCUT2D eigenvalue weighted by atomic mass is 16.5. The van der Waals surface area contributed by atoms with Gasteiger partial charge in [-0.2, -0.15) is 0 Å². The van der Waals surface area contributed by atoms with Crippen LogP contribution in [0.3, 0.4) is 0 Å². The van der Waals surface area contributed by atoms with Crippen LogP contribution in [-0.4, -0.2) is 73.3 Å². The largest absolute Gasteiger partial charge is 0.376 e. The number of carbonyl (C=O) groups excluding carboxylic acids is 1. The molecule has 3 saturated heterocycles. The van der Waals surface area contributed by atoms with E-state index in [-0.39, 0.29) is 17.1 Å². The van der Waals surface area contributed by atoms with Gasteiger partial charge in [0.1, 0.15) is 0 Å². The van der Waals surface area contributed by atoms with E-state index in [2.05, 4.69) is 30.7 Å². The van der Waals surface area contributed by atoms with Crippen molar-refractivity contribution in [1.29, 1.82) is 0 Å². The number of morpholine rings is 1. The van der Waals surface area contributed by atoms with Crippen molar-refractivity contribution in [3.63, 3.8) is 0 Å². The van der Waals surface area contributed by atoms with E-state index in [1.165, 1.54) is 0 Å². The normalized spacial score (nSPS) is 32.1. The molecule has 0 saturated carbocycles. The molecule has 3 aliphatic rings. The van der Waals surface area contributed by atoms with Crippen LogP contribution >= 0.6 is 0 Å². The second-order valence-electron chi connectivity index (χ2n) is 7.89. The Hall–Kier alpha value is -0.650. The van der Waals surface area contributed by atoms with Gasteiger partial charge in [-0.05, 0) is 46.6 Å². The molecule has 0 aromatic carbocycles. The molecule has 0 N–H and O–H groups in total. The minimum absolute atomic E-state index is 0.0961. The highest BCUT2D eigenvalue weighted by Crippen LogP contribution is 2.33. The van der Waals surface area contributed by atoms with Gasteiger partial charge in [0, 0.05) is 38.7 Å². The molecule has 0 radical (unpaired) electrons. The molecule has 1 spiro atoms. The molecule has 0 bridgehead atoms. The number of nitrogens with zero attached hydrogens (tertiary/aromatic N) is 2. The third kappa shape index (κ3) is 3.47. The molecule has 3 rings (SSSR count). The number of amides is 1. The van der Waals surface area contributed by atoms with Gasteiger partial charge in [0.25, 0.3) is 0 Å². The summed E-state index contributed by atoms with van der Waals surface area (Å²) in [5, 5.41) is 0. The third-order valence-electron chi connectivity index (χ3n) is 5.50. The summed E-state index contributed by atoms with van der Waals surface area (Å²) in [5.74, 6) is 0.433. The zero-order chi connectivity index (χ0) is 15.8. The van der Waals surface area contributed by atoms with Crippen LogP contribution in [0.15, 0.2) is 0 Å². The molecular weight excluding hydrogens is 280 g/mol. The van der Waals surface area contributed by atoms with E-state index in [9.17, 15) is 4.79 Å². The van der Waals surface area contributed by atoms with Gasteiger partial charge in [0.2, 0.25) is 5.91 Å². The summed E-state index contributed by atoms with van der Waals surface area (Å²) >= 11 is 0. The number of piperidine rings is 1. The molecule has 1 atom stereocenters.